The van der Waals surface area contributed by atoms with Gasteiger partial charge in [0, 0.05) is 11.5 Å². The molecule has 10 heavy (non-hydrogen) atoms. The standard InChI is InChI=1S/C6H11NO2S/c1-2-4-10-5-3-9-6(7)8/h2H,1,3-5H2,(H2,7,8). The van der Waals surface area contributed by atoms with Crippen molar-refractivity contribution in [2.75, 3.05) is 18.1 Å². The molecular formula is C6H11NO2S. The summed E-state index contributed by atoms with van der Waals surface area (Å²) in [4.78, 5) is 10.0. The highest BCUT2D eigenvalue weighted by Crippen LogP contribution is 1.98. The summed E-state index contributed by atoms with van der Waals surface area (Å²) >= 11 is 1.64. The Kier molecular flexibility index (Phi) is 6.06. The van der Waals surface area contributed by atoms with E-state index >= 15 is 0 Å². The van der Waals surface area contributed by atoms with E-state index in [0.717, 1.165) is 11.5 Å². The number of thioether (sulfide) groups is 1. The molecule has 58 valence electrons. The minimum absolute atomic E-state index is 0.383. The molecule has 0 heterocycles. The van der Waals surface area contributed by atoms with E-state index < -0.39 is 6.09 Å². The Morgan fingerprint density at radius 1 is 1.80 bits per heavy atom. The molecule has 0 aliphatic rings. The second-order valence-corrected chi connectivity index (χ2v) is 2.68. The number of carbonyl (C=O) groups is 1. The van der Waals surface area contributed by atoms with Gasteiger partial charge in [0.15, 0.2) is 0 Å². The smallest absolute Gasteiger partial charge is 0.404 e. The van der Waals surface area contributed by atoms with Crippen LogP contribution in [0.25, 0.3) is 0 Å². The molecule has 1 amide bonds. The van der Waals surface area contributed by atoms with E-state index in [2.05, 4.69) is 11.3 Å². The number of primary amides is 1. The van der Waals surface area contributed by atoms with Crippen molar-refractivity contribution in [3.63, 3.8) is 0 Å². The van der Waals surface area contributed by atoms with Gasteiger partial charge in [-0.2, -0.15) is 11.8 Å². The fourth-order valence-electron chi connectivity index (χ4n) is 0.368. The SMILES string of the molecule is C=CCSCCOC(N)=O. The molecule has 0 rings (SSSR count). The first-order valence-electron chi connectivity index (χ1n) is 2.88. The molecular weight excluding hydrogens is 150 g/mol. The quantitative estimate of drug-likeness (QED) is 0.483. The molecule has 0 unspecified atom stereocenters. The van der Waals surface area contributed by atoms with Gasteiger partial charge in [-0.15, -0.1) is 6.58 Å². The molecule has 2 N–H and O–H groups in total. The highest BCUT2D eigenvalue weighted by atomic mass is 32.2. The van der Waals surface area contributed by atoms with Crippen LogP contribution in [0.15, 0.2) is 12.7 Å². The molecule has 0 aromatic rings. The number of hydrogen-bond donors (Lipinski definition) is 1. The summed E-state index contributed by atoms with van der Waals surface area (Å²) in [6, 6.07) is 0. The molecule has 0 aliphatic carbocycles. The van der Waals surface area contributed by atoms with E-state index in [4.69, 9.17) is 5.73 Å². The maximum absolute atomic E-state index is 10.0. The van der Waals surface area contributed by atoms with Crippen molar-refractivity contribution in [1.82, 2.24) is 0 Å². The minimum atomic E-state index is -0.709. The van der Waals surface area contributed by atoms with Crippen LogP contribution in [0.2, 0.25) is 0 Å². The first-order chi connectivity index (χ1) is 4.77. The number of rotatable bonds is 5. The normalized spacial score (nSPS) is 8.80. The fraction of sp³-hybridized carbons (Fsp3) is 0.500. The minimum Gasteiger partial charge on any atom is -0.449 e. The zero-order valence-corrected chi connectivity index (χ0v) is 6.52. The summed E-state index contributed by atoms with van der Waals surface area (Å²) in [6.45, 7) is 3.92. The summed E-state index contributed by atoms with van der Waals surface area (Å²) in [5.41, 5.74) is 4.72. The van der Waals surface area contributed by atoms with Crippen LogP contribution in [-0.4, -0.2) is 24.2 Å². The first-order valence-corrected chi connectivity index (χ1v) is 4.03. The number of ether oxygens (including phenoxy) is 1. The Balaban J connectivity index is 2.90. The van der Waals surface area contributed by atoms with E-state index in [1.54, 1.807) is 17.8 Å². The van der Waals surface area contributed by atoms with Gasteiger partial charge in [0.25, 0.3) is 0 Å². The molecule has 0 bridgehead atoms. The third-order valence-corrected chi connectivity index (χ3v) is 1.63. The summed E-state index contributed by atoms with van der Waals surface area (Å²) in [7, 11) is 0. The van der Waals surface area contributed by atoms with Crippen LogP contribution < -0.4 is 5.73 Å². The van der Waals surface area contributed by atoms with E-state index in [1.807, 2.05) is 0 Å². The largest absolute Gasteiger partial charge is 0.449 e. The lowest BCUT2D eigenvalue weighted by atomic mass is 10.8. The summed E-state index contributed by atoms with van der Waals surface area (Å²) < 4.78 is 4.47. The fourth-order valence-corrected chi connectivity index (χ4v) is 0.902. The Morgan fingerprint density at radius 2 is 2.50 bits per heavy atom. The zero-order chi connectivity index (χ0) is 7.82. The lowest BCUT2D eigenvalue weighted by Gasteiger charge is -1.98. The number of nitrogens with two attached hydrogens (primary N) is 1. The molecule has 0 fully saturated rings. The van der Waals surface area contributed by atoms with Crippen molar-refractivity contribution >= 4 is 17.9 Å². The number of amides is 1. The summed E-state index contributed by atoms with van der Waals surface area (Å²) in [5.74, 6) is 1.65. The van der Waals surface area contributed by atoms with E-state index in [9.17, 15) is 4.79 Å². The van der Waals surface area contributed by atoms with Gasteiger partial charge in [0.2, 0.25) is 0 Å². The Morgan fingerprint density at radius 3 is 3.00 bits per heavy atom. The highest BCUT2D eigenvalue weighted by Gasteiger charge is 1.91. The van der Waals surface area contributed by atoms with Gasteiger partial charge in [0.05, 0.1) is 0 Å². The summed E-state index contributed by atoms with van der Waals surface area (Å²) in [6.07, 6.45) is 1.09. The van der Waals surface area contributed by atoms with Crippen molar-refractivity contribution in [2.24, 2.45) is 5.73 Å². The van der Waals surface area contributed by atoms with Crippen LogP contribution in [0.3, 0.4) is 0 Å². The molecule has 4 heteroatoms. The van der Waals surface area contributed by atoms with Crippen LogP contribution in [-0.2, 0) is 4.74 Å². The zero-order valence-electron chi connectivity index (χ0n) is 5.71. The second-order valence-electron chi connectivity index (χ2n) is 1.53. The molecule has 0 aromatic carbocycles. The molecule has 0 aliphatic heterocycles. The van der Waals surface area contributed by atoms with Gasteiger partial charge in [-0.25, -0.2) is 4.79 Å². The molecule has 0 aromatic heterocycles. The number of carbonyl (C=O) groups excluding carboxylic acids is 1. The topological polar surface area (TPSA) is 52.3 Å². The lowest BCUT2D eigenvalue weighted by molar-refractivity contribution is 0.164. The average molecular weight is 161 g/mol. The molecule has 0 radical (unpaired) electrons. The van der Waals surface area contributed by atoms with Gasteiger partial charge < -0.3 is 10.5 Å². The molecule has 0 spiro atoms. The molecule has 3 nitrogen and oxygen atoms in total. The van der Waals surface area contributed by atoms with Crippen LogP contribution in [0.1, 0.15) is 0 Å². The maximum atomic E-state index is 10.0. The molecule has 0 atom stereocenters. The van der Waals surface area contributed by atoms with E-state index in [-0.39, 0.29) is 0 Å². The first kappa shape index (κ1) is 9.36. The average Bonchev–Trinajstić information content (AvgIpc) is 1.87. The lowest BCUT2D eigenvalue weighted by Crippen LogP contribution is -2.14. The van der Waals surface area contributed by atoms with E-state index in [1.165, 1.54) is 0 Å². The van der Waals surface area contributed by atoms with Crippen molar-refractivity contribution in [2.45, 2.75) is 0 Å². The van der Waals surface area contributed by atoms with Gasteiger partial charge in [-0.3, -0.25) is 0 Å². The van der Waals surface area contributed by atoms with Crippen LogP contribution >= 0.6 is 11.8 Å². The highest BCUT2D eigenvalue weighted by molar-refractivity contribution is 7.99. The van der Waals surface area contributed by atoms with Crippen molar-refractivity contribution in [1.29, 1.82) is 0 Å². The predicted octanol–water partition coefficient (Wildman–Crippen LogP) is 1.00. The van der Waals surface area contributed by atoms with Crippen molar-refractivity contribution in [3.8, 4) is 0 Å². The van der Waals surface area contributed by atoms with Gasteiger partial charge in [-0.05, 0) is 0 Å². The van der Waals surface area contributed by atoms with Crippen LogP contribution in [0.5, 0.6) is 0 Å². The van der Waals surface area contributed by atoms with Gasteiger partial charge >= 0.3 is 6.09 Å². The molecule has 0 saturated heterocycles. The van der Waals surface area contributed by atoms with Crippen molar-refractivity contribution < 1.29 is 9.53 Å². The van der Waals surface area contributed by atoms with E-state index in [0.29, 0.717) is 6.61 Å². The van der Waals surface area contributed by atoms with Gasteiger partial charge in [-0.1, -0.05) is 6.08 Å². The summed E-state index contributed by atoms with van der Waals surface area (Å²) in [5, 5.41) is 0. The Labute approximate surface area is 64.6 Å². The van der Waals surface area contributed by atoms with Crippen LogP contribution in [0.4, 0.5) is 4.79 Å². The maximum Gasteiger partial charge on any atom is 0.404 e. The third-order valence-electron chi connectivity index (χ3n) is 0.708. The monoisotopic (exact) mass is 161 g/mol. The van der Waals surface area contributed by atoms with Crippen LogP contribution in [0, 0.1) is 0 Å². The predicted molar refractivity (Wildman–Crippen MR) is 43.1 cm³/mol. The third kappa shape index (κ3) is 7.36. The number of hydrogen-bond acceptors (Lipinski definition) is 3. The van der Waals surface area contributed by atoms with Crippen molar-refractivity contribution in [3.05, 3.63) is 12.7 Å². The van der Waals surface area contributed by atoms with Gasteiger partial charge in [0.1, 0.15) is 6.61 Å². The Bertz CT molecular complexity index is 116. The second kappa shape index (κ2) is 6.48. The Hall–Kier alpha value is -0.640. The molecule has 0 saturated carbocycles.